The zero-order valence-electron chi connectivity index (χ0n) is 15.1. The first-order chi connectivity index (χ1) is 13.5. The number of anilines is 1. The Bertz CT molecular complexity index is 996. The average molecular weight is 388 g/mol. The first kappa shape index (κ1) is 18.9. The minimum Gasteiger partial charge on any atom is -0.487 e. The molecule has 0 saturated heterocycles. The summed E-state index contributed by atoms with van der Waals surface area (Å²) in [5.41, 5.74) is 9.03. The molecule has 11 nitrogen and oxygen atoms in total. The maximum atomic E-state index is 13.1. The highest BCUT2D eigenvalue weighted by atomic mass is 19.1. The van der Waals surface area contributed by atoms with Crippen LogP contribution in [-0.2, 0) is 6.61 Å². The van der Waals surface area contributed by atoms with Crippen LogP contribution in [0, 0.1) is 5.82 Å². The molecule has 0 aliphatic heterocycles. The third-order valence-corrected chi connectivity index (χ3v) is 3.72. The highest BCUT2D eigenvalue weighted by Gasteiger charge is 2.24. The normalized spacial score (nSPS) is 11.5. The molecule has 3 rings (SSSR count). The molecule has 2 aromatic heterocycles. The van der Waals surface area contributed by atoms with Gasteiger partial charge < -0.3 is 10.5 Å². The van der Waals surface area contributed by atoms with Crippen molar-refractivity contribution in [2.24, 2.45) is 5.10 Å². The van der Waals surface area contributed by atoms with E-state index in [4.69, 9.17) is 10.5 Å². The number of nitrogens with one attached hydrogen (secondary N) is 1. The van der Waals surface area contributed by atoms with E-state index in [1.54, 1.807) is 6.92 Å². The number of amides is 1. The van der Waals surface area contributed by atoms with Gasteiger partial charge in [0.2, 0.25) is 11.6 Å². The maximum Gasteiger partial charge on any atom is 0.293 e. The Morgan fingerprint density at radius 3 is 2.75 bits per heavy atom. The van der Waals surface area contributed by atoms with Gasteiger partial charge in [0.15, 0.2) is 5.69 Å². The van der Waals surface area contributed by atoms with Crippen molar-refractivity contribution in [2.75, 3.05) is 5.73 Å². The number of nitrogens with zero attached hydrogens (tertiary/aromatic N) is 6. The molecule has 1 amide bonds. The summed E-state index contributed by atoms with van der Waals surface area (Å²) in [4.78, 5) is 12.5. The lowest BCUT2D eigenvalue weighted by atomic mass is 10.3. The average Bonchev–Trinajstić information content (AvgIpc) is 3.30. The first-order valence-corrected chi connectivity index (χ1v) is 8.24. The molecule has 0 radical (unpaired) electrons. The van der Waals surface area contributed by atoms with Crippen LogP contribution in [0.5, 0.6) is 5.75 Å². The summed E-state index contributed by atoms with van der Waals surface area (Å²) < 4.78 is 24.4. The van der Waals surface area contributed by atoms with Crippen LogP contribution in [0.4, 0.5) is 10.2 Å². The van der Waals surface area contributed by atoms with E-state index in [2.05, 4.69) is 35.8 Å². The summed E-state index contributed by atoms with van der Waals surface area (Å²) >= 11 is 0. The number of nitrogens with two attached hydrogens (primary N) is 1. The van der Waals surface area contributed by atoms with E-state index < -0.39 is 11.7 Å². The fourth-order valence-electron chi connectivity index (χ4n) is 2.08. The smallest absolute Gasteiger partial charge is 0.293 e. The topological polar surface area (TPSA) is 146 Å². The molecule has 0 atom stereocenters. The van der Waals surface area contributed by atoms with Crippen LogP contribution < -0.4 is 15.9 Å². The van der Waals surface area contributed by atoms with Crippen molar-refractivity contribution < 1.29 is 18.6 Å². The molecule has 1 aromatic carbocycles. The van der Waals surface area contributed by atoms with Gasteiger partial charge in [-0.05, 0) is 47.9 Å². The number of ether oxygens (including phenoxy) is 1. The van der Waals surface area contributed by atoms with Crippen molar-refractivity contribution >= 4 is 17.4 Å². The minimum atomic E-state index is -0.591. The number of hydrogen-bond donors (Lipinski definition) is 2. The summed E-state index contributed by atoms with van der Waals surface area (Å²) in [5.74, 6) is -0.597. The number of benzene rings is 1. The maximum absolute atomic E-state index is 13.1. The number of halogens is 1. The predicted octanol–water partition coefficient (Wildman–Crippen LogP) is 1.47. The molecular weight excluding hydrogens is 371 g/mol. The number of rotatable bonds is 7. The van der Waals surface area contributed by atoms with Crippen molar-refractivity contribution in [3.05, 3.63) is 41.5 Å². The van der Waals surface area contributed by atoms with E-state index in [1.165, 1.54) is 28.9 Å². The van der Waals surface area contributed by atoms with E-state index in [0.717, 1.165) is 5.71 Å². The molecule has 146 valence electrons. The summed E-state index contributed by atoms with van der Waals surface area (Å²) in [7, 11) is 0. The zero-order chi connectivity index (χ0) is 20.1. The van der Waals surface area contributed by atoms with E-state index in [9.17, 15) is 9.18 Å². The van der Waals surface area contributed by atoms with Gasteiger partial charge in [-0.3, -0.25) is 4.79 Å². The second kappa shape index (κ2) is 8.24. The SMILES string of the molecule is CCC(C)=NNC(=O)c1nnn(-c2nonc2N)c1COc1ccc(F)cc1. The van der Waals surface area contributed by atoms with Crippen molar-refractivity contribution in [3.8, 4) is 11.6 Å². The third kappa shape index (κ3) is 4.11. The minimum absolute atomic E-state index is 0.0419. The summed E-state index contributed by atoms with van der Waals surface area (Å²) in [6.07, 6.45) is 0.675. The Balaban J connectivity index is 1.91. The van der Waals surface area contributed by atoms with E-state index in [1.807, 2.05) is 6.92 Å². The lowest BCUT2D eigenvalue weighted by Crippen LogP contribution is -2.22. The Morgan fingerprint density at radius 1 is 1.36 bits per heavy atom. The van der Waals surface area contributed by atoms with Gasteiger partial charge in [-0.25, -0.2) is 14.4 Å². The Labute approximate surface area is 158 Å². The molecule has 3 N–H and O–H groups in total. The molecule has 0 fully saturated rings. The number of carbonyl (C=O) groups excluding carboxylic acids is 1. The quantitative estimate of drug-likeness (QED) is 0.457. The Morgan fingerprint density at radius 2 is 2.11 bits per heavy atom. The van der Waals surface area contributed by atoms with Crippen molar-refractivity contribution in [2.45, 2.75) is 26.9 Å². The number of aromatic nitrogens is 5. The fraction of sp³-hybridized carbons (Fsp3) is 0.250. The van der Waals surface area contributed by atoms with Gasteiger partial charge in [0.1, 0.15) is 23.9 Å². The van der Waals surface area contributed by atoms with E-state index in [-0.39, 0.29) is 29.6 Å². The molecule has 28 heavy (non-hydrogen) atoms. The van der Waals surface area contributed by atoms with Gasteiger partial charge >= 0.3 is 0 Å². The number of hydrazone groups is 1. The molecule has 0 unspecified atom stereocenters. The molecular formula is C16H17FN8O3. The van der Waals surface area contributed by atoms with Gasteiger partial charge in [-0.2, -0.15) is 9.78 Å². The van der Waals surface area contributed by atoms with Crippen LogP contribution in [0.2, 0.25) is 0 Å². The van der Waals surface area contributed by atoms with Crippen LogP contribution in [-0.4, -0.2) is 36.9 Å². The largest absolute Gasteiger partial charge is 0.487 e. The van der Waals surface area contributed by atoms with Gasteiger partial charge in [-0.1, -0.05) is 12.1 Å². The standard InChI is InChI=1S/C16H17FN8O3/c1-3-9(2)19-21-16(26)13-12(8-27-11-6-4-10(17)5-7-11)25(24-20-13)15-14(18)22-28-23-15/h4-7H,3,8H2,1-2H3,(H2,18,22)(H,21,26). The highest BCUT2D eigenvalue weighted by Crippen LogP contribution is 2.19. The molecule has 0 saturated carbocycles. The Kier molecular flexibility index (Phi) is 5.58. The first-order valence-electron chi connectivity index (χ1n) is 8.24. The van der Waals surface area contributed by atoms with Crippen molar-refractivity contribution in [3.63, 3.8) is 0 Å². The van der Waals surface area contributed by atoms with Crippen LogP contribution in [0.15, 0.2) is 34.0 Å². The lowest BCUT2D eigenvalue weighted by Gasteiger charge is -2.08. The van der Waals surface area contributed by atoms with Crippen LogP contribution in [0.3, 0.4) is 0 Å². The van der Waals surface area contributed by atoms with Crippen molar-refractivity contribution in [1.29, 1.82) is 0 Å². The monoisotopic (exact) mass is 388 g/mol. The second-order valence-corrected chi connectivity index (χ2v) is 5.65. The number of hydrogen-bond acceptors (Lipinski definition) is 9. The molecule has 0 aliphatic rings. The molecule has 0 bridgehead atoms. The number of nitrogen functional groups attached to an aromatic ring is 1. The van der Waals surface area contributed by atoms with Crippen LogP contribution in [0.1, 0.15) is 36.5 Å². The number of carbonyl (C=O) groups is 1. The van der Waals surface area contributed by atoms with Crippen LogP contribution in [0.25, 0.3) is 5.82 Å². The predicted molar refractivity (Wildman–Crippen MR) is 95.2 cm³/mol. The molecule has 0 aliphatic carbocycles. The fourth-order valence-corrected chi connectivity index (χ4v) is 2.08. The van der Waals surface area contributed by atoms with E-state index >= 15 is 0 Å². The van der Waals surface area contributed by atoms with Gasteiger partial charge in [0, 0.05) is 5.71 Å². The summed E-state index contributed by atoms with van der Waals surface area (Å²) in [6.45, 7) is 3.55. The molecule has 2 heterocycles. The van der Waals surface area contributed by atoms with Crippen LogP contribution >= 0.6 is 0 Å². The summed E-state index contributed by atoms with van der Waals surface area (Å²) in [6, 6.07) is 5.40. The zero-order valence-corrected chi connectivity index (χ0v) is 15.1. The molecule has 3 aromatic rings. The van der Waals surface area contributed by atoms with Gasteiger partial charge in [0.05, 0.1) is 0 Å². The highest BCUT2D eigenvalue weighted by molar-refractivity contribution is 5.94. The van der Waals surface area contributed by atoms with E-state index in [0.29, 0.717) is 12.2 Å². The third-order valence-electron chi connectivity index (χ3n) is 3.72. The second-order valence-electron chi connectivity index (χ2n) is 5.65. The lowest BCUT2D eigenvalue weighted by molar-refractivity contribution is 0.0947. The molecule has 0 spiro atoms. The molecule has 12 heteroatoms. The Hall–Kier alpha value is -3.83. The van der Waals surface area contributed by atoms with Gasteiger partial charge in [0.25, 0.3) is 5.91 Å². The summed E-state index contributed by atoms with van der Waals surface area (Å²) in [5, 5.41) is 18.9. The van der Waals surface area contributed by atoms with Gasteiger partial charge in [-0.15, -0.1) is 5.10 Å². The van der Waals surface area contributed by atoms with Crippen molar-refractivity contribution in [1.82, 2.24) is 30.7 Å².